The summed E-state index contributed by atoms with van der Waals surface area (Å²) in [5, 5.41) is 3.43. The maximum Gasteiger partial charge on any atom is 0.178 e. The molecule has 21 heavy (non-hydrogen) atoms. The summed E-state index contributed by atoms with van der Waals surface area (Å²) in [5.41, 5.74) is 2.47. The van der Waals surface area contributed by atoms with E-state index < -0.39 is 9.84 Å². The van der Waals surface area contributed by atoms with Crippen molar-refractivity contribution in [2.45, 2.75) is 38.5 Å². The van der Waals surface area contributed by atoms with E-state index >= 15 is 0 Å². The van der Waals surface area contributed by atoms with Crippen LogP contribution in [0.3, 0.4) is 0 Å². The lowest BCUT2D eigenvalue weighted by Gasteiger charge is -2.26. The first kappa shape index (κ1) is 16.1. The molecule has 0 heterocycles. The molecule has 1 aromatic carbocycles. The van der Waals surface area contributed by atoms with E-state index in [0.717, 1.165) is 18.7 Å². The lowest BCUT2D eigenvalue weighted by molar-refractivity contribution is 0.421. The number of hydrogen-bond acceptors (Lipinski definition) is 3. The summed E-state index contributed by atoms with van der Waals surface area (Å²) < 4.78 is 23.5. The molecule has 116 valence electrons. The van der Waals surface area contributed by atoms with Crippen molar-refractivity contribution >= 4 is 15.5 Å². The molecule has 1 aliphatic carbocycles. The molecular formula is C17H25NO2S. The van der Waals surface area contributed by atoms with Gasteiger partial charge in [-0.25, -0.2) is 8.42 Å². The van der Waals surface area contributed by atoms with Gasteiger partial charge in [-0.05, 0) is 55.9 Å². The third kappa shape index (κ3) is 4.34. The molecular weight excluding hydrogens is 282 g/mol. The summed E-state index contributed by atoms with van der Waals surface area (Å²) in [5.74, 6) is 1.46. The molecule has 1 aromatic rings. The van der Waals surface area contributed by atoms with Crippen molar-refractivity contribution in [2.75, 3.05) is 17.6 Å². The summed E-state index contributed by atoms with van der Waals surface area (Å²) in [6.45, 7) is 7.07. The molecule has 1 aliphatic rings. The van der Waals surface area contributed by atoms with Crippen LogP contribution < -0.4 is 5.32 Å². The lowest BCUT2D eigenvalue weighted by atomic mass is 9.84. The predicted molar refractivity (Wildman–Crippen MR) is 88.3 cm³/mol. The fraction of sp³-hybridized carbons (Fsp3) is 0.529. The van der Waals surface area contributed by atoms with E-state index in [1.807, 2.05) is 12.1 Å². The molecule has 0 aliphatic heterocycles. The van der Waals surface area contributed by atoms with Crippen molar-refractivity contribution in [1.29, 1.82) is 0 Å². The molecule has 3 nitrogen and oxygen atoms in total. The molecule has 2 atom stereocenters. The van der Waals surface area contributed by atoms with Gasteiger partial charge in [0.25, 0.3) is 0 Å². The van der Waals surface area contributed by atoms with Crippen LogP contribution in [0.2, 0.25) is 0 Å². The van der Waals surface area contributed by atoms with E-state index in [9.17, 15) is 8.42 Å². The second-order valence-corrected chi connectivity index (χ2v) is 8.38. The molecule has 0 saturated carbocycles. The molecule has 0 aromatic heterocycles. The van der Waals surface area contributed by atoms with Gasteiger partial charge in [-0.3, -0.25) is 0 Å². The first-order chi connectivity index (χ1) is 9.90. The van der Waals surface area contributed by atoms with E-state index in [0.29, 0.717) is 16.7 Å². The number of rotatable bonds is 5. The normalized spacial score (nSPS) is 22.7. The summed E-state index contributed by atoms with van der Waals surface area (Å²) in [6.07, 6.45) is 4.73. The van der Waals surface area contributed by atoms with Gasteiger partial charge in [-0.2, -0.15) is 0 Å². The number of hydrogen-bond donors (Lipinski definition) is 1. The smallest absolute Gasteiger partial charge is 0.178 e. The van der Waals surface area contributed by atoms with Crippen LogP contribution in [0.5, 0.6) is 0 Å². The molecule has 4 heteroatoms. The average Bonchev–Trinajstić information content (AvgIpc) is 2.44. The fourth-order valence-electron chi connectivity index (χ4n) is 3.05. The largest absolute Gasteiger partial charge is 0.385 e. The minimum atomic E-state index is -3.10. The van der Waals surface area contributed by atoms with Crippen molar-refractivity contribution in [1.82, 2.24) is 0 Å². The molecule has 0 radical (unpaired) electrons. The van der Waals surface area contributed by atoms with Gasteiger partial charge in [-0.1, -0.05) is 25.5 Å². The zero-order valence-electron chi connectivity index (χ0n) is 13.1. The zero-order valence-corrected chi connectivity index (χ0v) is 13.9. The number of anilines is 1. The van der Waals surface area contributed by atoms with Crippen LogP contribution >= 0.6 is 0 Å². The highest BCUT2D eigenvalue weighted by Crippen LogP contribution is 2.28. The Labute approximate surface area is 128 Å². The predicted octanol–water partition coefficient (Wildman–Crippen LogP) is 3.88. The van der Waals surface area contributed by atoms with Gasteiger partial charge in [0, 0.05) is 12.2 Å². The average molecular weight is 307 g/mol. The van der Waals surface area contributed by atoms with E-state index in [1.165, 1.54) is 12.0 Å². The maximum absolute atomic E-state index is 11.8. The van der Waals surface area contributed by atoms with Crippen molar-refractivity contribution in [3.63, 3.8) is 0 Å². The second-order valence-electron chi connectivity index (χ2n) is 6.10. The second kappa shape index (κ2) is 6.65. The summed E-state index contributed by atoms with van der Waals surface area (Å²) >= 11 is 0. The van der Waals surface area contributed by atoms with E-state index in [1.54, 1.807) is 19.1 Å². The molecule has 0 fully saturated rings. The van der Waals surface area contributed by atoms with Gasteiger partial charge in [0.2, 0.25) is 0 Å². The van der Waals surface area contributed by atoms with Gasteiger partial charge < -0.3 is 5.32 Å². The number of allylic oxidation sites excluding steroid dienone is 2. The van der Waals surface area contributed by atoms with E-state index in [4.69, 9.17) is 0 Å². The lowest BCUT2D eigenvalue weighted by Crippen LogP contribution is -2.20. The Morgan fingerprint density at radius 3 is 2.48 bits per heavy atom. The number of benzene rings is 1. The van der Waals surface area contributed by atoms with Gasteiger partial charge >= 0.3 is 0 Å². The van der Waals surface area contributed by atoms with E-state index in [2.05, 4.69) is 25.2 Å². The minimum Gasteiger partial charge on any atom is -0.385 e. The Balaban J connectivity index is 1.94. The van der Waals surface area contributed by atoms with Crippen LogP contribution in [-0.4, -0.2) is 20.7 Å². The molecule has 2 unspecified atom stereocenters. The molecule has 0 spiro atoms. The van der Waals surface area contributed by atoms with Crippen molar-refractivity contribution in [3.05, 3.63) is 35.9 Å². The highest BCUT2D eigenvalue weighted by Gasteiger charge is 2.17. The van der Waals surface area contributed by atoms with Crippen LogP contribution in [0.1, 0.15) is 33.6 Å². The van der Waals surface area contributed by atoms with Gasteiger partial charge in [0.05, 0.1) is 10.6 Å². The first-order valence-electron chi connectivity index (χ1n) is 7.64. The molecule has 0 saturated heterocycles. The van der Waals surface area contributed by atoms with Crippen LogP contribution in [0.25, 0.3) is 0 Å². The van der Waals surface area contributed by atoms with Crippen molar-refractivity contribution in [2.24, 2.45) is 11.8 Å². The van der Waals surface area contributed by atoms with Crippen molar-refractivity contribution in [3.8, 4) is 0 Å². The monoisotopic (exact) mass is 307 g/mol. The summed E-state index contributed by atoms with van der Waals surface area (Å²) in [7, 11) is -3.10. The quantitative estimate of drug-likeness (QED) is 0.840. The molecule has 1 N–H and O–H groups in total. The third-order valence-electron chi connectivity index (χ3n) is 4.07. The number of sulfone groups is 1. The Hall–Kier alpha value is -1.29. The fourth-order valence-corrected chi connectivity index (χ4v) is 3.93. The Kier molecular flexibility index (Phi) is 5.09. The van der Waals surface area contributed by atoms with Crippen LogP contribution in [-0.2, 0) is 9.84 Å². The highest BCUT2D eigenvalue weighted by molar-refractivity contribution is 7.91. The van der Waals surface area contributed by atoms with Gasteiger partial charge in [0.15, 0.2) is 9.84 Å². The Morgan fingerprint density at radius 1 is 1.24 bits per heavy atom. The molecule has 0 amide bonds. The minimum absolute atomic E-state index is 0.144. The van der Waals surface area contributed by atoms with Crippen LogP contribution in [0.15, 0.2) is 40.8 Å². The number of nitrogens with one attached hydrogen (secondary N) is 1. The topological polar surface area (TPSA) is 46.2 Å². The molecule has 0 bridgehead atoms. The Bertz CT molecular complexity index is 602. The standard InChI is InChI=1S/C17H25NO2S/c1-4-21(19,20)17-7-5-16(6-8-17)18-12-15-10-13(2)9-14(3)11-15/h5-9,13,15,18H,4,10-12H2,1-3H3. The van der Waals surface area contributed by atoms with Crippen molar-refractivity contribution < 1.29 is 8.42 Å². The third-order valence-corrected chi connectivity index (χ3v) is 5.82. The van der Waals surface area contributed by atoms with E-state index in [-0.39, 0.29) is 5.75 Å². The summed E-state index contributed by atoms with van der Waals surface area (Å²) in [6, 6.07) is 7.10. The SMILES string of the molecule is CCS(=O)(=O)c1ccc(NCC2CC(C)=CC(C)C2)cc1. The van der Waals surface area contributed by atoms with Gasteiger partial charge in [0.1, 0.15) is 0 Å². The van der Waals surface area contributed by atoms with Gasteiger partial charge in [-0.15, -0.1) is 0 Å². The highest BCUT2D eigenvalue weighted by atomic mass is 32.2. The van der Waals surface area contributed by atoms with Crippen LogP contribution in [0.4, 0.5) is 5.69 Å². The maximum atomic E-state index is 11.8. The first-order valence-corrected chi connectivity index (χ1v) is 9.30. The summed E-state index contributed by atoms with van der Waals surface area (Å²) in [4.78, 5) is 0.403. The molecule has 2 rings (SSSR count). The zero-order chi connectivity index (χ0) is 15.5. The van der Waals surface area contributed by atoms with Crippen LogP contribution in [0, 0.1) is 11.8 Å². The Morgan fingerprint density at radius 2 is 1.90 bits per heavy atom.